The summed E-state index contributed by atoms with van der Waals surface area (Å²) in [5, 5.41) is 3.84. The summed E-state index contributed by atoms with van der Waals surface area (Å²) < 4.78 is 5.52. The number of aromatic nitrogens is 2. The van der Waals surface area contributed by atoms with E-state index in [4.69, 9.17) is 10.5 Å². The second-order valence-electron chi connectivity index (χ2n) is 6.84. The number of ether oxygens (including phenoxy) is 1. The number of rotatable bonds is 5. The van der Waals surface area contributed by atoms with E-state index in [1.165, 1.54) is 0 Å². The number of nitrogens with two attached hydrogens (primary N) is 1. The van der Waals surface area contributed by atoms with Gasteiger partial charge < -0.3 is 20.8 Å². The normalized spacial score (nSPS) is 12.0. The molecule has 0 saturated heterocycles. The number of fused-ring (bicyclic) bond motifs is 1. The number of hydrogen-bond acceptors (Lipinski definition) is 4. The number of pyridine rings is 1. The number of aromatic amines is 1. The van der Waals surface area contributed by atoms with Gasteiger partial charge in [-0.2, -0.15) is 0 Å². The summed E-state index contributed by atoms with van der Waals surface area (Å²) in [6.45, 7) is 1.92. The van der Waals surface area contributed by atoms with Crippen molar-refractivity contribution in [3.63, 3.8) is 0 Å². The van der Waals surface area contributed by atoms with Gasteiger partial charge in [0, 0.05) is 34.9 Å². The third-order valence-electron chi connectivity index (χ3n) is 4.91. The highest BCUT2D eigenvalue weighted by Crippen LogP contribution is 2.35. The Labute approximate surface area is 168 Å². The molecule has 0 aliphatic carbocycles. The number of amides is 1. The molecular weight excluding hydrogens is 364 g/mol. The van der Waals surface area contributed by atoms with Gasteiger partial charge in [0.2, 0.25) is 0 Å². The minimum absolute atomic E-state index is 0.188. The van der Waals surface area contributed by atoms with Crippen molar-refractivity contribution in [1.82, 2.24) is 9.97 Å². The van der Waals surface area contributed by atoms with Crippen LogP contribution in [-0.2, 0) is 0 Å². The molecule has 1 amide bonds. The van der Waals surface area contributed by atoms with Crippen LogP contribution in [0.25, 0.3) is 22.2 Å². The number of para-hydroxylation sites is 1. The molecule has 6 heteroatoms. The van der Waals surface area contributed by atoms with Crippen molar-refractivity contribution >= 4 is 22.6 Å². The second kappa shape index (κ2) is 7.77. The van der Waals surface area contributed by atoms with E-state index in [0.29, 0.717) is 11.3 Å². The summed E-state index contributed by atoms with van der Waals surface area (Å²) in [4.78, 5) is 20.3. The first kappa shape index (κ1) is 18.7. The lowest BCUT2D eigenvalue weighted by Crippen LogP contribution is -2.14. The van der Waals surface area contributed by atoms with Crippen LogP contribution in [0.5, 0.6) is 5.75 Å². The molecule has 2 heterocycles. The molecule has 1 atom stereocenters. The lowest BCUT2D eigenvalue weighted by molar-refractivity contribution is 0.102. The largest absolute Gasteiger partial charge is 0.496 e. The molecule has 1 unspecified atom stereocenters. The lowest BCUT2D eigenvalue weighted by atomic mass is 9.93. The van der Waals surface area contributed by atoms with E-state index >= 15 is 0 Å². The van der Waals surface area contributed by atoms with Crippen molar-refractivity contribution in [2.75, 3.05) is 12.4 Å². The van der Waals surface area contributed by atoms with E-state index < -0.39 is 0 Å². The average molecular weight is 386 g/mol. The smallest absolute Gasteiger partial charge is 0.255 e. The summed E-state index contributed by atoms with van der Waals surface area (Å²) >= 11 is 0. The van der Waals surface area contributed by atoms with Gasteiger partial charge in [0.25, 0.3) is 5.91 Å². The van der Waals surface area contributed by atoms with Gasteiger partial charge in [-0.25, -0.2) is 4.98 Å². The van der Waals surface area contributed by atoms with Crippen LogP contribution in [0.1, 0.15) is 28.9 Å². The molecule has 4 aromatic rings. The molecule has 4 rings (SSSR count). The molecule has 2 aromatic heterocycles. The first-order chi connectivity index (χ1) is 14.1. The van der Waals surface area contributed by atoms with E-state index in [1.807, 2.05) is 49.4 Å². The van der Waals surface area contributed by atoms with Crippen LogP contribution in [0.4, 0.5) is 5.69 Å². The highest BCUT2D eigenvalue weighted by atomic mass is 16.5. The van der Waals surface area contributed by atoms with Crippen LogP contribution in [0.3, 0.4) is 0 Å². The quantitative estimate of drug-likeness (QED) is 0.470. The van der Waals surface area contributed by atoms with Gasteiger partial charge in [0.1, 0.15) is 11.4 Å². The monoisotopic (exact) mass is 386 g/mol. The molecule has 29 heavy (non-hydrogen) atoms. The van der Waals surface area contributed by atoms with Crippen molar-refractivity contribution < 1.29 is 9.53 Å². The first-order valence-electron chi connectivity index (χ1n) is 9.35. The van der Waals surface area contributed by atoms with Gasteiger partial charge in [-0.1, -0.05) is 24.3 Å². The van der Waals surface area contributed by atoms with Gasteiger partial charge in [-0.05, 0) is 48.4 Å². The zero-order chi connectivity index (χ0) is 20.4. The van der Waals surface area contributed by atoms with Crippen LogP contribution >= 0.6 is 0 Å². The number of nitrogens with zero attached hydrogens (tertiary/aromatic N) is 1. The third-order valence-corrected chi connectivity index (χ3v) is 4.91. The van der Waals surface area contributed by atoms with Crippen molar-refractivity contribution in [2.45, 2.75) is 13.0 Å². The summed E-state index contributed by atoms with van der Waals surface area (Å²) in [6, 6.07) is 16.8. The Balaban J connectivity index is 1.75. The number of anilines is 1. The van der Waals surface area contributed by atoms with E-state index in [2.05, 4.69) is 15.3 Å². The van der Waals surface area contributed by atoms with Crippen LogP contribution in [0.2, 0.25) is 0 Å². The van der Waals surface area contributed by atoms with Crippen LogP contribution in [0.15, 0.2) is 67.0 Å². The fraction of sp³-hybridized carbons (Fsp3) is 0.130. The minimum Gasteiger partial charge on any atom is -0.496 e. The van der Waals surface area contributed by atoms with Crippen molar-refractivity contribution in [3.05, 3.63) is 78.1 Å². The third kappa shape index (κ3) is 3.58. The Morgan fingerprint density at radius 1 is 1.14 bits per heavy atom. The van der Waals surface area contributed by atoms with Gasteiger partial charge >= 0.3 is 0 Å². The molecule has 0 saturated carbocycles. The van der Waals surface area contributed by atoms with Crippen LogP contribution < -0.4 is 15.8 Å². The first-order valence-corrected chi connectivity index (χ1v) is 9.35. The van der Waals surface area contributed by atoms with E-state index in [-0.39, 0.29) is 11.9 Å². The highest BCUT2D eigenvalue weighted by Gasteiger charge is 2.17. The average Bonchev–Trinajstić information content (AvgIpc) is 3.23. The number of methoxy groups -OCH3 is 1. The maximum atomic E-state index is 13.0. The molecule has 4 N–H and O–H groups in total. The summed E-state index contributed by atoms with van der Waals surface area (Å²) in [5.74, 6) is 0.529. The van der Waals surface area contributed by atoms with Crippen LogP contribution in [0, 0.1) is 0 Å². The van der Waals surface area contributed by atoms with Gasteiger partial charge in [-0.15, -0.1) is 0 Å². The molecule has 0 spiro atoms. The maximum absolute atomic E-state index is 13.0. The Kier molecular flexibility index (Phi) is 5.01. The Morgan fingerprint density at radius 3 is 2.76 bits per heavy atom. The summed E-state index contributed by atoms with van der Waals surface area (Å²) in [5.41, 5.74) is 10.9. The number of carbonyl (C=O) groups is 1. The van der Waals surface area contributed by atoms with Crippen LogP contribution in [-0.4, -0.2) is 23.0 Å². The van der Waals surface area contributed by atoms with E-state index in [1.54, 1.807) is 31.6 Å². The SMILES string of the molecule is COc1ccccc1-c1cc(C(=O)Nc2ccnc3[nH]ccc23)ccc1C(C)N. The number of nitrogens with one attached hydrogen (secondary N) is 2. The molecule has 146 valence electrons. The number of carbonyl (C=O) groups excluding carboxylic acids is 1. The summed E-state index contributed by atoms with van der Waals surface area (Å²) in [6.07, 6.45) is 3.46. The lowest BCUT2D eigenvalue weighted by Gasteiger charge is -2.17. The van der Waals surface area contributed by atoms with E-state index in [9.17, 15) is 4.79 Å². The van der Waals surface area contributed by atoms with Gasteiger partial charge in [0.05, 0.1) is 12.8 Å². The van der Waals surface area contributed by atoms with E-state index in [0.717, 1.165) is 33.5 Å². The highest BCUT2D eigenvalue weighted by molar-refractivity contribution is 6.09. The molecule has 0 aliphatic rings. The standard InChI is InChI=1S/C23H22N4O2/c1-14(24)16-8-7-15(13-19(16)17-5-3-4-6-21(17)29-2)23(28)27-20-10-12-26-22-18(20)9-11-25-22/h3-14H,24H2,1-2H3,(H2,25,26,27,28). The zero-order valence-corrected chi connectivity index (χ0v) is 16.3. The molecule has 6 nitrogen and oxygen atoms in total. The zero-order valence-electron chi connectivity index (χ0n) is 16.3. The second-order valence-corrected chi connectivity index (χ2v) is 6.84. The molecule has 2 aromatic carbocycles. The maximum Gasteiger partial charge on any atom is 0.255 e. The van der Waals surface area contributed by atoms with Gasteiger partial charge in [0.15, 0.2) is 0 Å². The molecule has 0 aliphatic heterocycles. The Morgan fingerprint density at radius 2 is 1.97 bits per heavy atom. The van der Waals surface area contributed by atoms with Crippen molar-refractivity contribution in [2.24, 2.45) is 5.73 Å². The number of benzene rings is 2. The number of H-pyrrole nitrogens is 1. The molecule has 0 bridgehead atoms. The fourth-order valence-corrected chi connectivity index (χ4v) is 3.46. The molecular formula is C23H22N4O2. The number of hydrogen-bond donors (Lipinski definition) is 3. The predicted octanol–water partition coefficient (Wildman–Crippen LogP) is 4.51. The van der Waals surface area contributed by atoms with Crippen molar-refractivity contribution in [1.29, 1.82) is 0 Å². The fourth-order valence-electron chi connectivity index (χ4n) is 3.46. The molecule has 0 radical (unpaired) electrons. The Hall–Kier alpha value is -3.64. The topological polar surface area (TPSA) is 93.0 Å². The molecule has 0 fully saturated rings. The predicted molar refractivity (Wildman–Crippen MR) is 115 cm³/mol. The van der Waals surface area contributed by atoms with Gasteiger partial charge in [-0.3, -0.25) is 4.79 Å². The Bertz CT molecular complexity index is 1180. The minimum atomic E-state index is -0.203. The van der Waals surface area contributed by atoms with Crippen molar-refractivity contribution in [3.8, 4) is 16.9 Å². The summed E-state index contributed by atoms with van der Waals surface area (Å²) in [7, 11) is 1.63.